The van der Waals surface area contributed by atoms with Crippen LogP contribution in [-0.4, -0.2) is 82.0 Å². The average Bonchev–Trinajstić information content (AvgIpc) is 3.32. The fourth-order valence-electron chi connectivity index (χ4n) is 5.21. The topological polar surface area (TPSA) is 153 Å². The number of sulfonamides is 1. The van der Waals surface area contributed by atoms with Crippen molar-refractivity contribution < 1.29 is 22.7 Å². The summed E-state index contributed by atoms with van der Waals surface area (Å²) in [4.78, 5) is 17.6. The van der Waals surface area contributed by atoms with Crippen LogP contribution in [0.1, 0.15) is 36.2 Å². The molecule has 2 unspecified atom stereocenters. The highest BCUT2D eigenvalue weighted by Crippen LogP contribution is 2.43. The van der Waals surface area contributed by atoms with E-state index in [1.54, 1.807) is 16.6 Å². The number of carbonyl (C=O) groups is 1. The molecule has 3 aromatic rings. The summed E-state index contributed by atoms with van der Waals surface area (Å²) in [5, 5.41) is 29.4. The number of pyridine rings is 1. The van der Waals surface area contributed by atoms with Crippen LogP contribution in [0.15, 0.2) is 36.7 Å². The quantitative estimate of drug-likeness (QED) is 0.380. The predicted octanol–water partition coefficient (Wildman–Crippen LogP) is 1.80. The average molecular weight is 556 g/mol. The van der Waals surface area contributed by atoms with Gasteiger partial charge in [0.15, 0.2) is 0 Å². The lowest BCUT2D eigenvalue weighted by molar-refractivity contribution is -0.00177. The largest absolute Gasteiger partial charge is 0.387 e. The number of fused-ring (bicyclic) bond motifs is 3. The van der Waals surface area contributed by atoms with Crippen molar-refractivity contribution in [2.45, 2.75) is 38.1 Å². The zero-order valence-corrected chi connectivity index (χ0v) is 22.6. The van der Waals surface area contributed by atoms with Crippen LogP contribution in [0.3, 0.4) is 0 Å². The third-order valence-corrected chi connectivity index (χ3v) is 8.77. The maximum atomic E-state index is 14.3. The molecule has 206 valence electrons. The molecule has 3 N–H and O–H groups in total. The molecule has 2 aliphatic rings. The molecular weight excluding hydrogens is 525 g/mol. The molecule has 1 saturated carbocycles. The van der Waals surface area contributed by atoms with E-state index in [1.165, 1.54) is 36.8 Å². The number of nitriles is 1. The summed E-state index contributed by atoms with van der Waals surface area (Å²) in [6.45, 7) is 3.08. The second kappa shape index (κ2) is 9.86. The number of rotatable bonds is 8. The first-order valence-electron chi connectivity index (χ1n) is 12.6. The minimum Gasteiger partial charge on any atom is -0.387 e. The van der Waals surface area contributed by atoms with Crippen molar-refractivity contribution in [1.82, 2.24) is 24.2 Å². The maximum Gasteiger partial charge on any atom is 0.255 e. The van der Waals surface area contributed by atoms with Gasteiger partial charge in [-0.05, 0) is 56.4 Å². The summed E-state index contributed by atoms with van der Waals surface area (Å²) in [5.41, 5.74) is 1.36. The number of halogens is 1. The number of carbonyl (C=O) groups excluding carboxylic acids is 1. The molecule has 2 fully saturated rings. The number of hydrogen-bond acceptors (Lipinski definition) is 8. The smallest absolute Gasteiger partial charge is 0.255 e. The van der Waals surface area contributed by atoms with Crippen LogP contribution in [0.25, 0.3) is 16.9 Å². The highest BCUT2D eigenvalue weighted by molar-refractivity contribution is 7.88. The van der Waals surface area contributed by atoms with E-state index in [1.807, 2.05) is 12.1 Å². The molecule has 0 aromatic carbocycles. The molecule has 1 saturated heterocycles. The molecule has 13 heteroatoms. The Hall–Kier alpha value is -3.60. The molecule has 1 aliphatic heterocycles. The number of aliphatic hydroxyl groups is 1. The van der Waals surface area contributed by atoms with Crippen LogP contribution < -0.4 is 10.6 Å². The molecule has 3 aromatic heterocycles. The first-order valence-corrected chi connectivity index (χ1v) is 14.4. The van der Waals surface area contributed by atoms with E-state index in [4.69, 9.17) is 0 Å². The Morgan fingerprint density at radius 1 is 1.28 bits per heavy atom. The van der Waals surface area contributed by atoms with Gasteiger partial charge in [-0.25, -0.2) is 21.6 Å². The SMILES string of the molecule is CC(C)(O)[C@H](F)CNC(=O)c1cnc(-c2ccc3cc(C#N)cnn23)cc1NC1C2CC1CN(S(C)(=O)=O)C2. The van der Waals surface area contributed by atoms with Crippen LogP contribution in [0.4, 0.5) is 10.1 Å². The number of amides is 1. The Labute approximate surface area is 225 Å². The van der Waals surface area contributed by atoms with Gasteiger partial charge in [0, 0.05) is 25.3 Å². The number of nitrogens with one attached hydrogen (secondary N) is 2. The number of nitrogens with zero attached hydrogens (tertiary/aromatic N) is 5. The van der Waals surface area contributed by atoms with E-state index in [2.05, 4.69) is 26.8 Å². The number of anilines is 1. The van der Waals surface area contributed by atoms with E-state index < -0.39 is 27.7 Å². The Bertz CT molecular complexity index is 1570. The van der Waals surface area contributed by atoms with Gasteiger partial charge < -0.3 is 15.7 Å². The fraction of sp³-hybridized carbons (Fsp3) is 0.462. The molecule has 0 radical (unpaired) electrons. The second-order valence-corrected chi connectivity index (χ2v) is 12.8. The molecule has 0 spiro atoms. The number of alkyl halides is 1. The molecule has 1 amide bonds. The third kappa shape index (κ3) is 5.32. The van der Waals surface area contributed by atoms with Crippen LogP contribution in [-0.2, 0) is 10.0 Å². The van der Waals surface area contributed by atoms with E-state index >= 15 is 0 Å². The summed E-state index contributed by atoms with van der Waals surface area (Å²) < 4.78 is 41.6. The van der Waals surface area contributed by atoms with E-state index in [0.29, 0.717) is 41.2 Å². The predicted molar refractivity (Wildman–Crippen MR) is 142 cm³/mol. The summed E-state index contributed by atoms with van der Waals surface area (Å²) in [6, 6.07) is 9.07. The van der Waals surface area contributed by atoms with Crippen molar-refractivity contribution in [1.29, 1.82) is 5.26 Å². The van der Waals surface area contributed by atoms with Gasteiger partial charge in [-0.2, -0.15) is 10.4 Å². The van der Waals surface area contributed by atoms with E-state index in [9.17, 15) is 28.0 Å². The Kier molecular flexibility index (Phi) is 6.82. The summed E-state index contributed by atoms with van der Waals surface area (Å²) in [5.74, 6) is -0.393. The van der Waals surface area contributed by atoms with Gasteiger partial charge in [-0.1, -0.05) is 0 Å². The molecule has 5 rings (SSSR count). The number of hydrogen-bond donors (Lipinski definition) is 3. The Morgan fingerprint density at radius 3 is 2.64 bits per heavy atom. The van der Waals surface area contributed by atoms with E-state index in [-0.39, 0.29) is 30.0 Å². The highest BCUT2D eigenvalue weighted by Gasteiger charge is 2.49. The van der Waals surface area contributed by atoms with Crippen LogP contribution >= 0.6 is 0 Å². The van der Waals surface area contributed by atoms with Crippen LogP contribution in [0.5, 0.6) is 0 Å². The Balaban J connectivity index is 1.46. The zero-order chi connectivity index (χ0) is 28.1. The van der Waals surface area contributed by atoms with Gasteiger partial charge in [0.05, 0.1) is 58.3 Å². The van der Waals surface area contributed by atoms with Crippen molar-refractivity contribution in [3.05, 3.63) is 47.8 Å². The first kappa shape index (κ1) is 27.0. The van der Waals surface area contributed by atoms with Crippen molar-refractivity contribution in [2.24, 2.45) is 11.8 Å². The first-order chi connectivity index (χ1) is 18.3. The van der Waals surface area contributed by atoms with Crippen LogP contribution in [0.2, 0.25) is 0 Å². The van der Waals surface area contributed by atoms with Gasteiger partial charge in [0.2, 0.25) is 10.0 Å². The van der Waals surface area contributed by atoms with Gasteiger partial charge in [-0.3, -0.25) is 9.78 Å². The molecule has 2 bridgehead atoms. The van der Waals surface area contributed by atoms with Gasteiger partial charge in [0.1, 0.15) is 12.2 Å². The number of aromatic nitrogens is 3. The molecule has 1 aliphatic carbocycles. The van der Waals surface area contributed by atoms with Crippen molar-refractivity contribution >= 4 is 27.1 Å². The molecule has 3 atom stereocenters. The monoisotopic (exact) mass is 555 g/mol. The minimum absolute atomic E-state index is 0.0459. The van der Waals surface area contributed by atoms with Crippen molar-refractivity contribution in [3.63, 3.8) is 0 Å². The van der Waals surface area contributed by atoms with Crippen molar-refractivity contribution in [3.8, 4) is 17.5 Å². The molecule has 39 heavy (non-hydrogen) atoms. The van der Waals surface area contributed by atoms with Crippen molar-refractivity contribution in [2.75, 3.05) is 31.2 Å². The number of piperidine rings is 2. The van der Waals surface area contributed by atoms with Crippen LogP contribution in [0, 0.1) is 23.2 Å². The molecule has 4 heterocycles. The normalized spacial score (nSPS) is 22.1. The van der Waals surface area contributed by atoms with Gasteiger partial charge >= 0.3 is 0 Å². The molecule has 11 nitrogen and oxygen atoms in total. The summed E-state index contributed by atoms with van der Waals surface area (Å²) in [7, 11) is -3.29. The summed E-state index contributed by atoms with van der Waals surface area (Å²) in [6.07, 6.45) is 3.28. The Morgan fingerprint density at radius 2 is 2.00 bits per heavy atom. The fourth-order valence-corrected chi connectivity index (χ4v) is 6.13. The molecular formula is C26H30FN7O4S. The maximum absolute atomic E-state index is 14.3. The summed E-state index contributed by atoms with van der Waals surface area (Å²) >= 11 is 0. The van der Waals surface area contributed by atoms with Gasteiger partial charge in [-0.15, -0.1) is 0 Å². The second-order valence-electron chi connectivity index (χ2n) is 10.9. The lowest BCUT2D eigenvalue weighted by atomic mass is 9.67. The third-order valence-electron chi connectivity index (χ3n) is 7.54. The van der Waals surface area contributed by atoms with Gasteiger partial charge in [0.25, 0.3) is 5.91 Å². The minimum atomic E-state index is -3.29. The lowest BCUT2D eigenvalue weighted by Crippen LogP contribution is -2.62. The highest BCUT2D eigenvalue weighted by atomic mass is 32.2. The lowest BCUT2D eigenvalue weighted by Gasteiger charge is -2.53. The zero-order valence-electron chi connectivity index (χ0n) is 21.8. The van der Waals surface area contributed by atoms with E-state index in [0.717, 1.165) is 6.42 Å². The standard InChI is InChI=1S/C26H30FN7O4S/c1-26(2,36)23(27)12-30-25(35)19-11-29-21(22-5-4-18-6-15(9-28)10-31-34(18)22)8-20(19)32-24-16-7-17(24)14-33(13-16)39(3,37)38/h4-6,8,10-11,16-17,23-24,36H,7,12-14H2,1-3H3,(H,29,32)(H,30,35)/t16?,17?,23-,24?/m1/s1.